The van der Waals surface area contributed by atoms with Crippen molar-refractivity contribution in [1.82, 2.24) is 5.32 Å². The summed E-state index contributed by atoms with van der Waals surface area (Å²) >= 11 is 0. The minimum Gasteiger partial charge on any atom is -0.387 e. The number of phosphoric ester groups is 1. The van der Waals surface area contributed by atoms with Crippen molar-refractivity contribution in [1.29, 1.82) is 0 Å². The Hall–Kier alpha value is -1.02. The zero-order valence-corrected chi connectivity index (χ0v) is 32.1. The summed E-state index contributed by atoms with van der Waals surface area (Å²) in [5, 5.41) is 13.6. The molecule has 0 aromatic carbocycles. The van der Waals surface area contributed by atoms with E-state index in [0.29, 0.717) is 6.42 Å². The van der Waals surface area contributed by atoms with Crippen molar-refractivity contribution in [3.05, 3.63) is 24.3 Å². The van der Waals surface area contributed by atoms with Gasteiger partial charge in [0, 0.05) is 13.0 Å². The summed E-state index contributed by atoms with van der Waals surface area (Å²) in [5.74, 6) is -0.205. The van der Waals surface area contributed by atoms with Gasteiger partial charge in [-0.25, -0.2) is 4.57 Å². The Morgan fingerprint density at radius 2 is 1.10 bits per heavy atom. The van der Waals surface area contributed by atoms with Crippen LogP contribution >= 0.6 is 7.82 Å². The van der Waals surface area contributed by atoms with E-state index in [1.807, 2.05) is 6.08 Å². The molecule has 5 N–H and O–H groups in total. The predicted molar refractivity (Wildman–Crippen MR) is 203 cm³/mol. The molecule has 0 rings (SSSR count). The highest BCUT2D eigenvalue weighted by Crippen LogP contribution is 2.43. The normalized spacial score (nSPS) is 14.5. The van der Waals surface area contributed by atoms with Crippen LogP contribution in [0.5, 0.6) is 0 Å². The van der Waals surface area contributed by atoms with E-state index in [4.69, 9.17) is 14.8 Å². The van der Waals surface area contributed by atoms with Crippen LogP contribution < -0.4 is 11.1 Å². The molecule has 284 valence electrons. The number of nitrogens with one attached hydrogen (secondary N) is 1. The Bertz CT molecular complexity index is 809. The van der Waals surface area contributed by atoms with E-state index >= 15 is 0 Å². The lowest BCUT2D eigenvalue weighted by molar-refractivity contribution is -0.123. The fourth-order valence-electron chi connectivity index (χ4n) is 5.70. The molecule has 0 aromatic rings. The Morgan fingerprint density at radius 3 is 1.60 bits per heavy atom. The summed E-state index contributed by atoms with van der Waals surface area (Å²) in [7, 11) is -4.33. The molecule has 0 bridgehead atoms. The maximum absolute atomic E-state index is 12.7. The molecule has 0 saturated heterocycles. The van der Waals surface area contributed by atoms with E-state index in [1.165, 1.54) is 109 Å². The zero-order valence-electron chi connectivity index (χ0n) is 31.2. The van der Waals surface area contributed by atoms with E-state index in [2.05, 4.69) is 31.3 Å². The smallest absolute Gasteiger partial charge is 0.387 e. The highest BCUT2D eigenvalue weighted by Gasteiger charge is 2.26. The number of allylic oxidation sites excluding steroid dienone is 3. The van der Waals surface area contributed by atoms with Gasteiger partial charge in [0.1, 0.15) is 0 Å². The molecule has 0 spiro atoms. The molecule has 48 heavy (non-hydrogen) atoms. The summed E-state index contributed by atoms with van der Waals surface area (Å²) < 4.78 is 22.0. The largest absolute Gasteiger partial charge is 0.472 e. The molecule has 0 aliphatic heterocycles. The highest BCUT2D eigenvalue weighted by atomic mass is 31.2. The Morgan fingerprint density at radius 1 is 0.667 bits per heavy atom. The van der Waals surface area contributed by atoms with E-state index in [-0.39, 0.29) is 25.7 Å². The quantitative estimate of drug-likeness (QED) is 0.0288. The second-order valence-electron chi connectivity index (χ2n) is 13.5. The number of hydrogen-bond donors (Lipinski definition) is 4. The van der Waals surface area contributed by atoms with Crippen LogP contribution in [0.2, 0.25) is 0 Å². The molecule has 1 amide bonds. The number of nitrogens with two attached hydrogens (primary N) is 1. The summed E-state index contributed by atoms with van der Waals surface area (Å²) in [6, 6.07) is -0.860. The summed E-state index contributed by atoms with van der Waals surface area (Å²) in [4.78, 5) is 22.6. The van der Waals surface area contributed by atoms with E-state index in [1.54, 1.807) is 6.08 Å². The molecule has 3 atom stereocenters. The van der Waals surface area contributed by atoms with Crippen LogP contribution in [0.3, 0.4) is 0 Å². The third kappa shape index (κ3) is 33.5. The van der Waals surface area contributed by atoms with Gasteiger partial charge in [-0.15, -0.1) is 0 Å². The van der Waals surface area contributed by atoms with Crippen LogP contribution in [0.1, 0.15) is 187 Å². The average Bonchev–Trinajstić information content (AvgIpc) is 3.07. The molecule has 3 unspecified atom stereocenters. The zero-order chi connectivity index (χ0) is 35.4. The molecular formula is C39H77N2O6P. The van der Waals surface area contributed by atoms with Crippen molar-refractivity contribution in [2.75, 3.05) is 19.8 Å². The van der Waals surface area contributed by atoms with Crippen molar-refractivity contribution in [2.45, 2.75) is 199 Å². The Kier molecular flexibility index (Phi) is 35.0. The van der Waals surface area contributed by atoms with Crippen molar-refractivity contribution in [3.63, 3.8) is 0 Å². The number of carbonyl (C=O) groups is 1. The van der Waals surface area contributed by atoms with Gasteiger partial charge in [0.15, 0.2) is 0 Å². The van der Waals surface area contributed by atoms with Crippen molar-refractivity contribution in [2.24, 2.45) is 5.73 Å². The predicted octanol–water partition coefficient (Wildman–Crippen LogP) is 10.6. The number of hydrogen-bond acceptors (Lipinski definition) is 6. The molecule has 0 fully saturated rings. The number of aliphatic hydroxyl groups excluding tert-OH is 1. The van der Waals surface area contributed by atoms with Gasteiger partial charge in [-0.1, -0.05) is 167 Å². The minimum atomic E-state index is -4.33. The van der Waals surface area contributed by atoms with Gasteiger partial charge in [-0.05, 0) is 38.5 Å². The first kappa shape index (κ1) is 47.0. The fourth-order valence-corrected chi connectivity index (χ4v) is 6.46. The Balaban J connectivity index is 4.25. The molecule has 8 nitrogen and oxygen atoms in total. The van der Waals surface area contributed by atoms with Gasteiger partial charge in [0.2, 0.25) is 5.91 Å². The monoisotopic (exact) mass is 701 g/mol. The maximum Gasteiger partial charge on any atom is 0.472 e. The third-order valence-corrected chi connectivity index (χ3v) is 9.76. The molecule has 0 saturated carbocycles. The Labute approximate surface area is 296 Å². The van der Waals surface area contributed by atoms with Crippen molar-refractivity contribution >= 4 is 13.7 Å². The van der Waals surface area contributed by atoms with Gasteiger partial charge in [0.05, 0.1) is 25.4 Å². The van der Waals surface area contributed by atoms with Crippen LogP contribution in [0.25, 0.3) is 0 Å². The molecule has 0 heterocycles. The molecule has 0 radical (unpaired) electrons. The molecule has 0 aliphatic rings. The lowest BCUT2D eigenvalue weighted by atomic mass is 10.0. The molecular weight excluding hydrogens is 623 g/mol. The van der Waals surface area contributed by atoms with E-state index in [9.17, 15) is 19.4 Å². The first-order valence-electron chi connectivity index (χ1n) is 20.0. The van der Waals surface area contributed by atoms with Crippen LogP contribution in [-0.4, -0.2) is 47.8 Å². The fraction of sp³-hybridized carbons (Fsp3) is 0.872. The topological polar surface area (TPSA) is 131 Å². The average molecular weight is 701 g/mol. The van der Waals surface area contributed by atoms with Gasteiger partial charge >= 0.3 is 7.82 Å². The first-order chi connectivity index (χ1) is 23.4. The van der Waals surface area contributed by atoms with Gasteiger partial charge in [0.25, 0.3) is 0 Å². The number of amides is 1. The van der Waals surface area contributed by atoms with E-state index in [0.717, 1.165) is 57.8 Å². The van der Waals surface area contributed by atoms with Crippen LogP contribution in [0.4, 0.5) is 0 Å². The molecule has 0 aliphatic carbocycles. The standard InChI is InChI=1S/C39H77N2O6P/c1-3-5-7-9-11-13-15-16-17-18-19-20-21-23-24-26-28-30-32-38(42)37(36-47-48(44,45)46-35-34-40)41-39(43)33-31-29-27-25-22-14-12-10-8-6-4-2/h10,12,30,32,37-38,42H,3-9,11,13-29,31,33-36,40H2,1-2H3,(H,41,43)(H,44,45)/b12-10-,32-30+. The SMILES string of the molecule is CCCC/C=C\CCCCCCCC(=O)NC(COP(=O)(O)OCCN)C(O)/C=C/CCCCCCCCCCCCCCCCCC. The number of rotatable bonds is 37. The lowest BCUT2D eigenvalue weighted by Crippen LogP contribution is -2.45. The first-order valence-corrected chi connectivity index (χ1v) is 21.5. The van der Waals surface area contributed by atoms with Crippen molar-refractivity contribution < 1.29 is 28.4 Å². The van der Waals surface area contributed by atoms with Crippen LogP contribution in [0, 0.1) is 0 Å². The second-order valence-corrected chi connectivity index (χ2v) is 14.9. The van der Waals surface area contributed by atoms with Gasteiger partial charge in [-0.3, -0.25) is 13.8 Å². The van der Waals surface area contributed by atoms with E-state index < -0.39 is 20.0 Å². The molecule has 0 aromatic heterocycles. The van der Waals surface area contributed by atoms with Crippen LogP contribution in [0.15, 0.2) is 24.3 Å². The van der Waals surface area contributed by atoms with Gasteiger partial charge in [-0.2, -0.15) is 0 Å². The third-order valence-electron chi connectivity index (χ3n) is 8.77. The summed E-state index contributed by atoms with van der Waals surface area (Å²) in [6.45, 7) is 4.08. The number of carbonyl (C=O) groups excluding carboxylic acids is 1. The minimum absolute atomic E-state index is 0.0778. The lowest BCUT2D eigenvalue weighted by Gasteiger charge is -2.23. The highest BCUT2D eigenvalue weighted by molar-refractivity contribution is 7.47. The maximum atomic E-state index is 12.7. The summed E-state index contributed by atoms with van der Waals surface area (Å²) in [6.07, 6.45) is 39.4. The number of unbranched alkanes of at least 4 members (excludes halogenated alkanes) is 23. The number of aliphatic hydroxyl groups is 1. The second kappa shape index (κ2) is 35.8. The summed E-state index contributed by atoms with van der Waals surface area (Å²) in [5.41, 5.74) is 5.36. The van der Waals surface area contributed by atoms with Gasteiger partial charge < -0.3 is 21.1 Å². The molecule has 9 heteroatoms. The number of phosphoric acid groups is 1. The van der Waals surface area contributed by atoms with Crippen LogP contribution in [-0.2, 0) is 18.4 Å². The van der Waals surface area contributed by atoms with Crippen molar-refractivity contribution in [3.8, 4) is 0 Å².